The molecule has 0 N–H and O–H groups in total. The van der Waals surface area contributed by atoms with Crippen LogP contribution >= 0.6 is 0 Å². The van der Waals surface area contributed by atoms with Gasteiger partial charge in [0.1, 0.15) is 6.33 Å². The van der Waals surface area contributed by atoms with Crippen LogP contribution in [0.5, 0.6) is 0 Å². The minimum atomic E-state index is -3.53. The van der Waals surface area contributed by atoms with Crippen molar-refractivity contribution in [2.24, 2.45) is 5.92 Å². The fourth-order valence-electron chi connectivity index (χ4n) is 3.25. The minimum absolute atomic E-state index is 0.0606. The molecule has 0 radical (unpaired) electrons. The second kappa shape index (κ2) is 6.37. The SMILES string of the molecule is C[C@@H]1CCCC[C@H]1N(C)S(=O)(=O)c1cccc(-n2cnnn2)c1. The van der Waals surface area contributed by atoms with Crippen molar-refractivity contribution in [2.45, 2.75) is 43.5 Å². The topological polar surface area (TPSA) is 81.0 Å². The van der Waals surface area contributed by atoms with Crippen LogP contribution in [0.15, 0.2) is 35.5 Å². The van der Waals surface area contributed by atoms with E-state index in [1.807, 2.05) is 0 Å². The molecule has 0 amide bonds. The van der Waals surface area contributed by atoms with Crippen LogP contribution in [0.25, 0.3) is 5.69 Å². The van der Waals surface area contributed by atoms with Crippen molar-refractivity contribution in [2.75, 3.05) is 7.05 Å². The van der Waals surface area contributed by atoms with E-state index in [0.29, 0.717) is 11.6 Å². The van der Waals surface area contributed by atoms with Gasteiger partial charge in [0.05, 0.1) is 10.6 Å². The van der Waals surface area contributed by atoms with E-state index in [2.05, 4.69) is 22.4 Å². The Morgan fingerprint density at radius 1 is 1.26 bits per heavy atom. The van der Waals surface area contributed by atoms with Gasteiger partial charge in [0.25, 0.3) is 0 Å². The van der Waals surface area contributed by atoms with Crippen LogP contribution in [0.2, 0.25) is 0 Å². The summed E-state index contributed by atoms with van der Waals surface area (Å²) >= 11 is 0. The van der Waals surface area contributed by atoms with Gasteiger partial charge >= 0.3 is 0 Å². The first-order valence-electron chi connectivity index (χ1n) is 7.81. The number of aromatic nitrogens is 4. The fourth-order valence-corrected chi connectivity index (χ4v) is 4.77. The third-order valence-electron chi connectivity index (χ3n) is 4.64. The number of sulfonamides is 1. The van der Waals surface area contributed by atoms with Crippen LogP contribution in [0, 0.1) is 5.92 Å². The first-order chi connectivity index (χ1) is 11.0. The number of tetrazole rings is 1. The Kier molecular flexibility index (Phi) is 4.45. The lowest BCUT2D eigenvalue weighted by Gasteiger charge is -2.35. The average Bonchev–Trinajstić information content (AvgIpc) is 3.09. The Labute approximate surface area is 136 Å². The van der Waals surface area contributed by atoms with E-state index in [9.17, 15) is 8.42 Å². The molecule has 0 unspecified atom stereocenters. The summed E-state index contributed by atoms with van der Waals surface area (Å²) in [5.74, 6) is 0.381. The molecule has 1 aliphatic rings. The van der Waals surface area contributed by atoms with Gasteiger partial charge in [-0.1, -0.05) is 25.8 Å². The predicted molar refractivity (Wildman–Crippen MR) is 85.5 cm³/mol. The summed E-state index contributed by atoms with van der Waals surface area (Å²) in [5.41, 5.74) is 0.626. The largest absolute Gasteiger partial charge is 0.243 e. The summed E-state index contributed by atoms with van der Waals surface area (Å²) in [4.78, 5) is 0.269. The highest BCUT2D eigenvalue weighted by Gasteiger charge is 2.33. The number of nitrogens with zero attached hydrogens (tertiary/aromatic N) is 5. The quantitative estimate of drug-likeness (QED) is 0.852. The van der Waals surface area contributed by atoms with Gasteiger partial charge in [-0.3, -0.25) is 0 Å². The van der Waals surface area contributed by atoms with Gasteiger partial charge in [-0.15, -0.1) is 5.10 Å². The van der Waals surface area contributed by atoms with Gasteiger partial charge in [-0.05, 0) is 47.4 Å². The van der Waals surface area contributed by atoms with Crippen molar-refractivity contribution in [3.63, 3.8) is 0 Å². The third kappa shape index (κ3) is 3.13. The molecule has 8 heteroatoms. The van der Waals surface area contributed by atoms with Crippen LogP contribution in [0.1, 0.15) is 32.6 Å². The second-order valence-electron chi connectivity index (χ2n) is 6.10. The van der Waals surface area contributed by atoms with E-state index in [1.54, 1.807) is 31.3 Å². The Morgan fingerprint density at radius 2 is 2.04 bits per heavy atom. The molecule has 1 heterocycles. The molecule has 7 nitrogen and oxygen atoms in total. The summed E-state index contributed by atoms with van der Waals surface area (Å²) in [6.45, 7) is 2.13. The molecule has 2 atom stereocenters. The lowest BCUT2D eigenvalue weighted by atomic mass is 9.86. The Balaban J connectivity index is 1.91. The summed E-state index contributed by atoms with van der Waals surface area (Å²) in [6, 6.07) is 6.77. The van der Waals surface area contributed by atoms with Crippen molar-refractivity contribution < 1.29 is 8.42 Å². The number of hydrogen-bond acceptors (Lipinski definition) is 5. The number of hydrogen-bond donors (Lipinski definition) is 0. The lowest BCUT2D eigenvalue weighted by molar-refractivity contribution is 0.213. The molecule has 1 aromatic carbocycles. The highest BCUT2D eigenvalue weighted by molar-refractivity contribution is 7.89. The Morgan fingerprint density at radius 3 is 2.74 bits per heavy atom. The van der Waals surface area contributed by atoms with Crippen molar-refractivity contribution in [1.82, 2.24) is 24.5 Å². The third-order valence-corrected chi connectivity index (χ3v) is 6.52. The van der Waals surface area contributed by atoms with Crippen LogP contribution in [-0.4, -0.2) is 46.0 Å². The van der Waals surface area contributed by atoms with Crippen molar-refractivity contribution in [3.05, 3.63) is 30.6 Å². The van der Waals surface area contributed by atoms with Gasteiger partial charge in [0, 0.05) is 13.1 Å². The smallest absolute Gasteiger partial charge is 0.207 e. The number of rotatable bonds is 4. The molecule has 1 aromatic heterocycles. The highest BCUT2D eigenvalue weighted by Crippen LogP contribution is 2.31. The van der Waals surface area contributed by atoms with Gasteiger partial charge in [-0.25, -0.2) is 13.1 Å². The van der Waals surface area contributed by atoms with E-state index in [4.69, 9.17) is 0 Å². The zero-order valence-corrected chi connectivity index (χ0v) is 14.1. The second-order valence-corrected chi connectivity index (χ2v) is 8.10. The van der Waals surface area contributed by atoms with E-state index >= 15 is 0 Å². The molecule has 3 rings (SSSR count). The van der Waals surface area contributed by atoms with E-state index in [-0.39, 0.29) is 10.9 Å². The fraction of sp³-hybridized carbons (Fsp3) is 0.533. The molecular formula is C15H21N5O2S. The van der Waals surface area contributed by atoms with E-state index < -0.39 is 10.0 Å². The molecule has 0 saturated heterocycles. The first-order valence-corrected chi connectivity index (χ1v) is 9.25. The summed E-state index contributed by atoms with van der Waals surface area (Å²) in [5, 5.41) is 11.0. The summed E-state index contributed by atoms with van der Waals surface area (Å²) in [7, 11) is -1.85. The average molecular weight is 335 g/mol. The first kappa shape index (κ1) is 16.1. The van der Waals surface area contributed by atoms with E-state index in [0.717, 1.165) is 19.3 Å². The molecule has 1 saturated carbocycles. The molecule has 2 aromatic rings. The summed E-state index contributed by atoms with van der Waals surface area (Å²) < 4.78 is 28.9. The van der Waals surface area contributed by atoms with Crippen molar-refractivity contribution in [1.29, 1.82) is 0 Å². The normalized spacial score (nSPS) is 22.4. The Bertz CT molecular complexity index is 760. The maximum Gasteiger partial charge on any atom is 0.243 e. The predicted octanol–water partition coefficient (Wildman–Crippen LogP) is 1.86. The number of benzene rings is 1. The monoisotopic (exact) mass is 335 g/mol. The van der Waals surface area contributed by atoms with Crippen molar-refractivity contribution in [3.8, 4) is 5.69 Å². The van der Waals surface area contributed by atoms with Gasteiger partial charge in [0.2, 0.25) is 10.0 Å². The van der Waals surface area contributed by atoms with Crippen LogP contribution in [0.3, 0.4) is 0 Å². The van der Waals surface area contributed by atoms with Crippen LogP contribution in [-0.2, 0) is 10.0 Å². The maximum absolute atomic E-state index is 13.0. The zero-order chi connectivity index (χ0) is 16.4. The van der Waals surface area contributed by atoms with Gasteiger partial charge < -0.3 is 0 Å². The Hall–Kier alpha value is -1.80. The standard InChI is InChI=1S/C15H21N5O2S/c1-12-6-3-4-9-15(12)19(2)23(21,22)14-8-5-7-13(10-14)20-11-16-17-18-20/h5,7-8,10-12,15H,3-4,6,9H2,1-2H3/t12-,15-/m1/s1. The van der Waals surface area contributed by atoms with Gasteiger partial charge in [-0.2, -0.15) is 4.31 Å². The lowest BCUT2D eigenvalue weighted by Crippen LogP contribution is -2.42. The van der Waals surface area contributed by atoms with Gasteiger partial charge in [0.15, 0.2) is 0 Å². The van der Waals surface area contributed by atoms with Crippen molar-refractivity contribution >= 4 is 10.0 Å². The molecule has 124 valence electrons. The molecular weight excluding hydrogens is 314 g/mol. The molecule has 23 heavy (non-hydrogen) atoms. The molecule has 0 aliphatic heterocycles. The minimum Gasteiger partial charge on any atom is -0.207 e. The molecule has 1 fully saturated rings. The molecule has 0 bridgehead atoms. The maximum atomic E-state index is 13.0. The summed E-state index contributed by atoms with van der Waals surface area (Å²) in [6.07, 6.45) is 5.71. The molecule has 1 aliphatic carbocycles. The van der Waals surface area contributed by atoms with E-state index in [1.165, 1.54) is 21.7 Å². The van der Waals surface area contributed by atoms with Crippen LogP contribution < -0.4 is 0 Å². The molecule has 0 spiro atoms. The van der Waals surface area contributed by atoms with Crippen LogP contribution in [0.4, 0.5) is 0 Å². The zero-order valence-electron chi connectivity index (χ0n) is 13.3. The highest BCUT2D eigenvalue weighted by atomic mass is 32.2.